The maximum atomic E-state index is 13.0. The Morgan fingerprint density at radius 2 is 1.65 bits per heavy atom. The fraction of sp³-hybridized carbons (Fsp3) is 0.579. The molecule has 0 N–H and O–H groups in total. The van der Waals surface area contributed by atoms with Crippen molar-refractivity contribution in [1.29, 1.82) is 0 Å². The van der Waals surface area contributed by atoms with Crippen molar-refractivity contribution in [3.8, 4) is 0 Å². The van der Waals surface area contributed by atoms with Crippen molar-refractivity contribution in [3.05, 3.63) is 47.8 Å². The van der Waals surface area contributed by atoms with Crippen molar-refractivity contribution < 1.29 is 4.39 Å². The zero-order valence-corrected chi connectivity index (χ0v) is 12.4. The van der Waals surface area contributed by atoms with Crippen molar-refractivity contribution in [2.24, 2.45) is 17.8 Å². The maximum Gasteiger partial charge on any atom is 0.123 e. The molecule has 0 bridgehead atoms. The van der Waals surface area contributed by atoms with E-state index < -0.39 is 0 Å². The lowest BCUT2D eigenvalue weighted by Crippen LogP contribution is -2.30. The Kier molecular flexibility index (Phi) is 4.24. The topological polar surface area (TPSA) is 0 Å². The molecule has 0 aliphatic heterocycles. The molecule has 2 aliphatic rings. The van der Waals surface area contributed by atoms with Gasteiger partial charge in [0.15, 0.2) is 0 Å². The first-order valence-corrected chi connectivity index (χ1v) is 8.14. The molecule has 2 unspecified atom stereocenters. The summed E-state index contributed by atoms with van der Waals surface area (Å²) in [5.41, 5.74) is 1.35. The molecule has 0 nitrogen and oxygen atoms in total. The monoisotopic (exact) mass is 272 g/mol. The minimum absolute atomic E-state index is 0.116. The van der Waals surface area contributed by atoms with E-state index in [0.717, 1.165) is 17.8 Å². The van der Waals surface area contributed by atoms with Crippen LogP contribution in [0.3, 0.4) is 0 Å². The van der Waals surface area contributed by atoms with Crippen LogP contribution in [0, 0.1) is 23.6 Å². The van der Waals surface area contributed by atoms with Crippen molar-refractivity contribution in [1.82, 2.24) is 0 Å². The zero-order valence-electron chi connectivity index (χ0n) is 12.4. The largest absolute Gasteiger partial charge is 0.207 e. The third-order valence-electron chi connectivity index (χ3n) is 5.46. The van der Waals surface area contributed by atoms with Gasteiger partial charge in [-0.05, 0) is 86.8 Å². The average Bonchev–Trinajstić information content (AvgIpc) is 2.48. The molecular weight excluding hydrogens is 247 g/mol. The van der Waals surface area contributed by atoms with Gasteiger partial charge in [0.25, 0.3) is 0 Å². The number of rotatable bonds is 2. The number of benzene rings is 1. The van der Waals surface area contributed by atoms with E-state index in [0.29, 0.717) is 5.92 Å². The number of hydrogen-bond acceptors (Lipinski definition) is 0. The summed E-state index contributed by atoms with van der Waals surface area (Å²) in [5, 5.41) is 0. The van der Waals surface area contributed by atoms with Crippen LogP contribution >= 0.6 is 0 Å². The first kappa shape index (κ1) is 13.9. The third-order valence-corrected chi connectivity index (χ3v) is 5.46. The molecule has 1 heteroatoms. The van der Waals surface area contributed by atoms with Gasteiger partial charge in [0.2, 0.25) is 0 Å². The Morgan fingerprint density at radius 3 is 2.40 bits per heavy atom. The van der Waals surface area contributed by atoms with Crippen molar-refractivity contribution in [2.75, 3.05) is 0 Å². The highest BCUT2D eigenvalue weighted by Crippen LogP contribution is 2.47. The number of halogens is 1. The van der Waals surface area contributed by atoms with Gasteiger partial charge in [-0.2, -0.15) is 0 Å². The predicted molar refractivity (Wildman–Crippen MR) is 82.1 cm³/mol. The van der Waals surface area contributed by atoms with Gasteiger partial charge >= 0.3 is 0 Å². The smallest absolute Gasteiger partial charge is 0.123 e. The fourth-order valence-corrected chi connectivity index (χ4v) is 4.41. The van der Waals surface area contributed by atoms with Gasteiger partial charge in [-0.15, -0.1) is 0 Å². The Labute approximate surface area is 122 Å². The van der Waals surface area contributed by atoms with E-state index in [1.54, 1.807) is 12.1 Å². The molecule has 1 aromatic carbocycles. The molecule has 0 radical (unpaired) electrons. The van der Waals surface area contributed by atoms with E-state index in [4.69, 9.17) is 0 Å². The molecule has 3 rings (SSSR count). The summed E-state index contributed by atoms with van der Waals surface area (Å²) in [4.78, 5) is 0. The van der Waals surface area contributed by atoms with Crippen molar-refractivity contribution in [2.45, 2.75) is 51.4 Å². The highest BCUT2D eigenvalue weighted by atomic mass is 19.1. The lowest BCUT2D eigenvalue weighted by molar-refractivity contribution is 0.133. The van der Waals surface area contributed by atoms with Crippen LogP contribution < -0.4 is 0 Å². The third kappa shape index (κ3) is 2.97. The van der Waals surface area contributed by atoms with Crippen LogP contribution in [0.25, 0.3) is 0 Å². The molecule has 4 atom stereocenters. The maximum absolute atomic E-state index is 13.0. The van der Waals surface area contributed by atoms with Crippen LogP contribution in [0.4, 0.5) is 4.39 Å². The van der Waals surface area contributed by atoms with E-state index >= 15 is 0 Å². The van der Waals surface area contributed by atoms with Gasteiger partial charge in [0, 0.05) is 0 Å². The Balaban J connectivity index is 1.64. The minimum atomic E-state index is -0.116. The number of hydrogen-bond donors (Lipinski definition) is 0. The summed E-state index contributed by atoms with van der Waals surface area (Å²) in [6.07, 6.45) is 12.7. The molecule has 0 spiro atoms. The minimum Gasteiger partial charge on any atom is -0.207 e. The second-order valence-corrected chi connectivity index (χ2v) is 6.68. The van der Waals surface area contributed by atoms with Gasteiger partial charge in [-0.3, -0.25) is 0 Å². The van der Waals surface area contributed by atoms with Crippen molar-refractivity contribution >= 4 is 0 Å². The van der Waals surface area contributed by atoms with Crippen LogP contribution in [0.2, 0.25) is 0 Å². The normalized spacial score (nSPS) is 34.1. The van der Waals surface area contributed by atoms with Crippen LogP contribution in [0.5, 0.6) is 0 Å². The van der Waals surface area contributed by atoms with E-state index in [2.05, 4.69) is 19.1 Å². The lowest BCUT2D eigenvalue weighted by Gasteiger charge is -2.41. The molecule has 108 valence electrons. The molecular formula is C19H25F. The summed E-state index contributed by atoms with van der Waals surface area (Å²) in [6, 6.07) is 7.21. The summed E-state index contributed by atoms with van der Waals surface area (Å²) in [5.74, 6) is 3.20. The molecule has 2 aliphatic carbocycles. The van der Waals surface area contributed by atoms with Gasteiger partial charge in [-0.25, -0.2) is 4.39 Å². The standard InChI is InChI=1S/C19H25F/c1-2-3-14-4-5-18-13-17(7-6-16(18)12-14)15-8-10-19(20)11-9-15/h2-3,8-11,14,16-18H,4-7,12-13H2,1H3/t14?,16-,17?,18+/m1/s1. The Hall–Kier alpha value is -1.11. The molecule has 0 heterocycles. The number of fused-ring (bicyclic) bond motifs is 1. The number of allylic oxidation sites excluding steroid dienone is 2. The molecule has 1 aromatic rings. The summed E-state index contributed by atoms with van der Waals surface area (Å²) < 4.78 is 13.0. The van der Waals surface area contributed by atoms with Crippen molar-refractivity contribution in [3.63, 3.8) is 0 Å². The highest BCUT2D eigenvalue weighted by Gasteiger charge is 2.35. The van der Waals surface area contributed by atoms with Gasteiger partial charge in [0.05, 0.1) is 0 Å². The summed E-state index contributed by atoms with van der Waals surface area (Å²) >= 11 is 0. The summed E-state index contributed by atoms with van der Waals surface area (Å²) in [7, 11) is 0. The molecule has 2 saturated carbocycles. The molecule has 2 fully saturated rings. The SMILES string of the molecule is CC=CC1CC[C@H]2CC(c3ccc(F)cc3)CC[C@@H]2C1. The van der Waals surface area contributed by atoms with Gasteiger partial charge in [0.1, 0.15) is 5.82 Å². The second-order valence-electron chi connectivity index (χ2n) is 6.68. The lowest BCUT2D eigenvalue weighted by atomic mass is 9.64. The first-order chi connectivity index (χ1) is 9.76. The second kappa shape index (κ2) is 6.11. The predicted octanol–water partition coefficient (Wildman–Crippen LogP) is 5.70. The fourth-order valence-electron chi connectivity index (χ4n) is 4.41. The van der Waals surface area contributed by atoms with E-state index in [1.807, 2.05) is 12.1 Å². The Bertz CT molecular complexity index is 459. The van der Waals surface area contributed by atoms with E-state index in [1.165, 1.54) is 44.1 Å². The average molecular weight is 272 g/mol. The first-order valence-electron chi connectivity index (χ1n) is 8.14. The van der Waals surface area contributed by atoms with E-state index in [9.17, 15) is 4.39 Å². The van der Waals surface area contributed by atoms with Gasteiger partial charge in [-0.1, -0.05) is 24.3 Å². The van der Waals surface area contributed by atoms with Crippen LogP contribution in [0.15, 0.2) is 36.4 Å². The van der Waals surface area contributed by atoms with Crippen LogP contribution in [-0.2, 0) is 0 Å². The van der Waals surface area contributed by atoms with Crippen LogP contribution in [-0.4, -0.2) is 0 Å². The van der Waals surface area contributed by atoms with E-state index in [-0.39, 0.29) is 5.82 Å². The quantitative estimate of drug-likeness (QED) is 0.606. The molecule has 0 amide bonds. The zero-order chi connectivity index (χ0) is 13.9. The van der Waals surface area contributed by atoms with Crippen LogP contribution in [0.1, 0.15) is 56.9 Å². The summed E-state index contributed by atoms with van der Waals surface area (Å²) in [6.45, 7) is 2.14. The molecule has 0 saturated heterocycles. The Morgan fingerprint density at radius 1 is 0.950 bits per heavy atom. The molecule has 20 heavy (non-hydrogen) atoms. The van der Waals surface area contributed by atoms with Gasteiger partial charge < -0.3 is 0 Å². The highest BCUT2D eigenvalue weighted by molar-refractivity contribution is 5.21. The molecule has 0 aromatic heterocycles.